The summed E-state index contributed by atoms with van der Waals surface area (Å²) in [7, 11) is 1.60. The van der Waals surface area contributed by atoms with Gasteiger partial charge >= 0.3 is 0 Å². The molecule has 2 N–H and O–H groups in total. The molecule has 4 heteroatoms. The molecule has 1 aliphatic rings. The summed E-state index contributed by atoms with van der Waals surface area (Å²) in [4.78, 5) is 13.4. The number of nitrogens with zero attached hydrogens (tertiary/aromatic N) is 1. The van der Waals surface area contributed by atoms with Crippen LogP contribution in [0.5, 0.6) is 0 Å². The number of hydrogen-bond acceptors (Lipinski definition) is 3. The molecule has 0 aliphatic carbocycles. The number of ether oxygens (including phenoxy) is 1. The summed E-state index contributed by atoms with van der Waals surface area (Å²) >= 11 is 0. The van der Waals surface area contributed by atoms with Crippen molar-refractivity contribution in [2.45, 2.75) is 32.9 Å². The van der Waals surface area contributed by atoms with E-state index in [4.69, 9.17) is 10.5 Å². The maximum atomic E-state index is 11.7. The highest BCUT2D eigenvalue weighted by molar-refractivity contribution is 6.03. The summed E-state index contributed by atoms with van der Waals surface area (Å²) < 4.78 is 5.35. The number of carbonyl (C=O) groups is 1. The van der Waals surface area contributed by atoms with Crippen molar-refractivity contribution >= 4 is 5.91 Å². The zero-order chi connectivity index (χ0) is 10.9. The van der Waals surface area contributed by atoms with Crippen LogP contribution in [-0.2, 0) is 9.53 Å². The van der Waals surface area contributed by atoms with Gasteiger partial charge in [0.1, 0.15) is 0 Å². The van der Waals surface area contributed by atoms with Gasteiger partial charge in [-0.1, -0.05) is 6.92 Å². The summed E-state index contributed by atoms with van der Waals surface area (Å²) in [6.07, 6.45) is 0.918. The van der Waals surface area contributed by atoms with Crippen LogP contribution >= 0.6 is 0 Å². The maximum Gasteiger partial charge on any atom is 0.258 e. The van der Waals surface area contributed by atoms with Crippen LogP contribution in [0.3, 0.4) is 0 Å². The van der Waals surface area contributed by atoms with E-state index in [1.54, 1.807) is 18.9 Å². The Bertz CT molecular complexity index is 282. The lowest BCUT2D eigenvalue weighted by Crippen LogP contribution is -2.66. The van der Waals surface area contributed by atoms with Crippen LogP contribution in [0.4, 0.5) is 0 Å². The number of likely N-dealkylation sites (tertiary alicyclic amines) is 1. The van der Waals surface area contributed by atoms with Gasteiger partial charge in [0.15, 0.2) is 5.72 Å². The quantitative estimate of drug-likeness (QED) is 0.540. The third-order valence-electron chi connectivity index (χ3n) is 2.68. The molecule has 0 radical (unpaired) electrons. The lowest BCUT2D eigenvalue weighted by atomic mass is 9.89. The van der Waals surface area contributed by atoms with Gasteiger partial charge in [-0.25, -0.2) is 0 Å². The van der Waals surface area contributed by atoms with Gasteiger partial charge in [0.2, 0.25) is 0 Å². The normalized spacial score (nSPS) is 30.3. The molecular weight excluding hydrogens is 180 g/mol. The Balaban J connectivity index is 2.97. The molecule has 0 aromatic rings. The first-order chi connectivity index (χ1) is 6.49. The highest BCUT2D eigenvalue weighted by Gasteiger charge is 2.53. The number of methoxy groups -OCH3 is 1. The first kappa shape index (κ1) is 11.0. The fourth-order valence-corrected chi connectivity index (χ4v) is 1.89. The highest BCUT2D eigenvalue weighted by atomic mass is 16.5. The molecule has 1 heterocycles. The molecule has 1 atom stereocenters. The molecule has 0 bridgehead atoms. The predicted octanol–water partition coefficient (Wildman–Crippen LogP) is 0.834. The second-order valence-electron chi connectivity index (χ2n) is 3.70. The molecule has 1 fully saturated rings. The summed E-state index contributed by atoms with van der Waals surface area (Å²) in [5.41, 5.74) is 6.17. The highest BCUT2D eigenvalue weighted by Crippen LogP contribution is 2.38. The van der Waals surface area contributed by atoms with Crippen molar-refractivity contribution in [1.29, 1.82) is 0 Å². The molecule has 1 aliphatic heterocycles. The van der Waals surface area contributed by atoms with Gasteiger partial charge in [-0.2, -0.15) is 0 Å². The van der Waals surface area contributed by atoms with Crippen molar-refractivity contribution in [3.63, 3.8) is 0 Å². The van der Waals surface area contributed by atoms with Crippen LogP contribution in [-0.4, -0.2) is 30.2 Å². The van der Waals surface area contributed by atoms with Crippen molar-refractivity contribution in [2.24, 2.45) is 5.73 Å². The number of rotatable bonds is 3. The van der Waals surface area contributed by atoms with E-state index in [9.17, 15) is 4.79 Å². The molecule has 0 spiro atoms. The van der Waals surface area contributed by atoms with Gasteiger partial charge in [-0.3, -0.25) is 4.79 Å². The van der Waals surface area contributed by atoms with E-state index in [1.165, 1.54) is 0 Å². The number of amides is 1. The average Bonchev–Trinajstić information content (AvgIpc) is 2.13. The van der Waals surface area contributed by atoms with Gasteiger partial charge in [-0.05, 0) is 20.3 Å². The summed E-state index contributed by atoms with van der Waals surface area (Å²) in [5, 5.41) is 0. The van der Waals surface area contributed by atoms with Crippen molar-refractivity contribution in [3.05, 3.63) is 11.3 Å². The Labute approximate surface area is 84.7 Å². The minimum Gasteiger partial charge on any atom is -0.402 e. The summed E-state index contributed by atoms with van der Waals surface area (Å²) in [5.74, 6) is -0.00352. The number of hydrogen-bond donors (Lipinski definition) is 1. The molecule has 0 aromatic carbocycles. The van der Waals surface area contributed by atoms with Crippen molar-refractivity contribution < 1.29 is 9.53 Å². The second kappa shape index (κ2) is 3.61. The molecule has 1 amide bonds. The molecular formula is C10H18N2O2. The first-order valence-electron chi connectivity index (χ1n) is 4.83. The maximum absolute atomic E-state index is 11.7. The van der Waals surface area contributed by atoms with Crippen molar-refractivity contribution in [2.75, 3.05) is 13.7 Å². The molecule has 14 heavy (non-hydrogen) atoms. The van der Waals surface area contributed by atoms with Crippen LogP contribution in [0.25, 0.3) is 0 Å². The SMILES string of the molecule is CCCN1C(=O)/C(=C(\C)N)C1(C)OC. The number of nitrogens with two attached hydrogens (primary N) is 1. The van der Waals surface area contributed by atoms with Gasteiger partial charge in [0, 0.05) is 19.4 Å². The molecule has 1 unspecified atom stereocenters. The van der Waals surface area contributed by atoms with E-state index in [-0.39, 0.29) is 5.91 Å². The van der Waals surface area contributed by atoms with E-state index in [1.807, 2.05) is 13.8 Å². The third-order valence-corrected chi connectivity index (χ3v) is 2.68. The van der Waals surface area contributed by atoms with Crippen LogP contribution in [0.15, 0.2) is 11.3 Å². The molecule has 80 valence electrons. The van der Waals surface area contributed by atoms with E-state index < -0.39 is 5.72 Å². The minimum atomic E-state index is -0.619. The third kappa shape index (κ3) is 1.30. The standard InChI is InChI=1S/C10H18N2O2/c1-5-6-12-9(13)8(7(2)11)10(12,3)14-4/h5-6,11H2,1-4H3/b8-7-. The topological polar surface area (TPSA) is 55.6 Å². The largest absolute Gasteiger partial charge is 0.402 e. The van der Waals surface area contributed by atoms with Crippen LogP contribution in [0.1, 0.15) is 27.2 Å². The minimum absolute atomic E-state index is 0.00352. The van der Waals surface area contributed by atoms with E-state index >= 15 is 0 Å². The Hall–Kier alpha value is -1.03. The smallest absolute Gasteiger partial charge is 0.258 e. The summed E-state index contributed by atoms with van der Waals surface area (Å²) in [6, 6.07) is 0. The zero-order valence-electron chi connectivity index (χ0n) is 9.26. The van der Waals surface area contributed by atoms with Gasteiger partial charge < -0.3 is 15.4 Å². The fraction of sp³-hybridized carbons (Fsp3) is 0.700. The molecule has 0 saturated carbocycles. The predicted molar refractivity (Wildman–Crippen MR) is 54.3 cm³/mol. The lowest BCUT2D eigenvalue weighted by Gasteiger charge is -2.50. The molecule has 4 nitrogen and oxygen atoms in total. The zero-order valence-corrected chi connectivity index (χ0v) is 9.26. The number of allylic oxidation sites excluding steroid dienone is 1. The summed E-state index contributed by atoms with van der Waals surface area (Å²) in [6.45, 7) is 6.34. The number of carbonyl (C=O) groups excluding carboxylic acids is 1. The Morgan fingerprint density at radius 2 is 2.21 bits per heavy atom. The van der Waals surface area contributed by atoms with E-state index in [0.29, 0.717) is 17.8 Å². The molecule has 0 aromatic heterocycles. The molecule has 1 saturated heterocycles. The number of β-lactam (4-membered cyclic amide) rings is 1. The Morgan fingerprint density at radius 1 is 1.64 bits per heavy atom. The fourth-order valence-electron chi connectivity index (χ4n) is 1.89. The lowest BCUT2D eigenvalue weighted by molar-refractivity contribution is -0.177. The van der Waals surface area contributed by atoms with Gasteiger partial charge in [0.05, 0.1) is 5.57 Å². The van der Waals surface area contributed by atoms with Crippen LogP contribution in [0, 0.1) is 0 Å². The van der Waals surface area contributed by atoms with Crippen LogP contribution < -0.4 is 5.73 Å². The van der Waals surface area contributed by atoms with E-state index in [2.05, 4.69) is 0 Å². The van der Waals surface area contributed by atoms with Gasteiger partial charge in [-0.15, -0.1) is 0 Å². The Kier molecular flexibility index (Phi) is 2.85. The van der Waals surface area contributed by atoms with E-state index in [0.717, 1.165) is 6.42 Å². The second-order valence-corrected chi connectivity index (χ2v) is 3.70. The average molecular weight is 198 g/mol. The molecule has 1 rings (SSSR count). The first-order valence-corrected chi connectivity index (χ1v) is 4.83. The van der Waals surface area contributed by atoms with Gasteiger partial charge in [0.25, 0.3) is 5.91 Å². The van der Waals surface area contributed by atoms with Crippen molar-refractivity contribution in [3.8, 4) is 0 Å². The Morgan fingerprint density at radius 3 is 2.57 bits per heavy atom. The van der Waals surface area contributed by atoms with Crippen LogP contribution in [0.2, 0.25) is 0 Å². The van der Waals surface area contributed by atoms with Crippen molar-refractivity contribution in [1.82, 2.24) is 4.90 Å². The monoisotopic (exact) mass is 198 g/mol.